The van der Waals surface area contributed by atoms with Gasteiger partial charge in [-0.2, -0.15) is 8.78 Å². The molecule has 0 saturated carbocycles. The number of aryl methyl sites for hydroxylation is 1. The molecule has 7 heteroatoms. The van der Waals surface area contributed by atoms with Crippen LogP contribution in [0.2, 0.25) is 0 Å². The molecule has 18 heavy (non-hydrogen) atoms. The largest absolute Gasteiger partial charge is 0.427 e. The van der Waals surface area contributed by atoms with Gasteiger partial charge in [0.2, 0.25) is 5.75 Å². The molecule has 1 aromatic carbocycles. The third-order valence-electron chi connectivity index (χ3n) is 2.36. The highest BCUT2D eigenvalue weighted by molar-refractivity contribution is 6.00. The number of nitrogens with zero attached hydrogens (tertiary/aromatic N) is 1. The molecule has 0 amide bonds. The number of carbonyl (C=O) groups is 1. The molecular weight excluding hydrogens is 248 g/mol. The first-order valence-electron chi connectivity index (χ1n) is 5.14. The molecule has 0 heterocycles. The van der Waals surface area contributed by atoms with Crippen LogP contribution >= 0.6 is 0 Å². The third kappa shape index (κ3) is 2.79. The number of hydrogen-bond donors (Lipinski definition) is 0. The molecule has 0 saturated heterocycles. The Bertz CT molecular complexity index is 488. The number of Topliss-reactive ketones (excluding diaryl/α,β-unsaturated/α-hetero) is 1. The van der Waals surface area contributed by atoms with E-state index in [0.29, 0.717) is 12.0 Å². The number of benzene rings is 1. The van der Waals surface area contributed by atoms with Gasteiger partial charge in [-0.25, -0.2) is 0 Å². The van der Waals surface area contributed by atoms with Crippen LogP contribution in [0.3, 0.4) is 0 Å². The fourth-order valence-corrected chi connectivity index (χ4v) is 1.67. The number of hydrogen-bond acceptors (Lipinski definition) is 4. The number of carbonyl (C=O) groups excluding carboxylic acids is 1. The van der Waals surface area contributed by atoms with Crippen LogP contribution in [0.15, 0.2) is 12.1 Å². The molecule has 0 unspecified atom stereocenters. The van der Waals surface area contributed by atoms with Crippen LogP contribution in [0.4, 0.5) is 14.5 Å². The summed E-state index contributed by atoms with van der Waals surface area (Å²) in [4.78, 5) is 21.5. The van der Waals surface area contributed by atoms with Gasteiger partial charge in [0.25, 0.3) is 0 Å². The third-order valence-corrected chi connectivity index (χ3v) is 2.36. The van der Waals surface area contributed by atoms with Gasteiger partial charge in [0.1, 0.15) is 5.56 Å². The molecule has 0 aromatic heterocycles. The van der Waals surface area contributed by atoms with Crippen molar-refractivity contribution in [2.45, 2.75) is 26.9 Å². The van der Waals surface area contributed by atoms with E-state index in [1.54, 1.807) is 6.92 Å². The highest BCUT2D eigenvalue weighted by Crippen LogP contribution is 2.34. The minimum Gasteiger partial charge on any atom is -0.427 e. The number of alkyl halides is 2. The summed E-state index contributed by atoms with van der Waals surface area (Å²) in [6.07, 6.45) is 0.380. The Morgan fingerprint density at radius 2 is 2.11 bits per heavy atom. The molecule has 5 nitrogen and oxygen atoms in total. The van der Waals surface area contributed by atoms with Crippen LogP contribution in [0.5, 0.6) is 5.75 Å². The second-order valence-electron chi connectivity index (χ2n) is 3.49. The first-order chi connectivity index (χ1) is 8.38. The lowest BCUT2D eigenvalue weighted by Gasteiger charge is -2.10. The lowest BCUT2D eigenvalue weighted by atomic mass is 9.99. The predicted molar refractivity (Wildman–Crippen MR) is 59.1 cm³/mol. The van der Waals surface area contributed by atoms with E-state index in [4.69, 9.17) is 0 Å². The monoisotopic (exact) mass is 259 g/mol. The Morgan fingerprint density at radius 1 is 1.50 bits per heavy atom. The van der Waals surface area contributed by atoms with Gasteiger partial charge in [0, 0.05) is 0 Å². The molecule has 0 aliphatic rings. The SMILES string of the molecule is CCc1ccc(OC(F)F)c([N+](=O)[O-])c1C(C)=O. The Morgan fingerprint density at radius 3 is 2.50 bits per heavy atom. The average molecular weight is 259 g/mol. The summed E-state index contributed by atoms with van der Waals surface area (Å²) in [6.45, 7) is -0.330. The van der Waals surface area contributed by atoms with Crippen molar-refractivity contribution in [1.82, 2.24) is 0 Å². The van der Waals surface area contributed by atoms with Crippen LogP contribution in [0.1, 0.15) is 29.8 Å². The zero-order chi connectivity index (χ0) is 13.9. The molecule has 0 spiro atoms. The molecular formula is C11H11F2NO4. The van der Waals surface area contributed by atoms with Gasteiger partial charge in [0.15, 0.2) is 5.78 Å². The van der Waals surface area contributed by atoms with Gasteiger partial charge in [-0.3, -0.25) is 14.9 Å². The minimum atomic E-state index is -3.18. The number of ether oxygens (including phenoxy) is 1. The zero-order valence-electron chi connectivity index (χ0n) is 9.78. The van der Waals surface area contributed by atoms with E-state index in [1.807, 2.05) is 0 Å². The lowest BCUT2D eigenvalue weighted by molar-refractivity contribution is -0.386. The van der Waals surface area contributed by atoms with Gasteiger partial charge in [-0.1, -0.05) is 13.0 Å². The molecule has 98 valence electrons. The van der Waals surface area contributed by atoms with E-state index < -0.39 is 28.8 Å². The summed E-state index contributed by atoms with van der Waals surface area (Å²) in [5, 5.41) is 10.9. The quantitative estimate of drug-likeness (QED) is 0.463. The van der Waals surface area contributed by atoms with Crippen LogP contribution in [0, 0.1) is 10.1 Å². The molecule has 0 fully saturated rings. The van der Waals surface area contributed by atoms with Gasteiger partial charge in [-0.15, -0.1) is 0 Å². The Labute approximate surface area is 102 Å². The van der Waals surface area contributed by atoms with Crippen LogP contribution < -0.4 is 4.74 Å². The molecule has 0 bridgehead atoms. The van der Waals surface area contributed by atoms with E-state index in [9.17, 15) is 23.7 Å². The molecule has 0 N–H and O–H groups in total. The minimum absolute atomic E-state index is 0.180. The second kappa shape index (κ2) is 5.52. The standard InChI is InChI=1S/C11H11F2NO4/c1-3-7-4-5-8(18-11(12)13)10(14(16)17)9(7)6(2)15/h4-5,11H,3H2,1-2H3. The van der Waals surface area contributed by atoms with Crippen molar-refractivity contribution in [2.24, 2.45) is 0 Å². The number of ketones is 1. The first-order valence-corrected chi connectivity index (χ1v) is 5.14. The number of halogens is 2. The molecule has 0 atom stereocenters. The summed E-state index contributed by atoms with van der Waals surface area (Å²) in [5.41, 5.74) is -0.460. The van der Waals surface area contributed by atoms with Gasteiger partial charge < -0.3 is 4.74 Å². The van der Waals surface area contributed by atoms with Crippen molar-refractivity contribution in [3.8, 4) is 5.75 Å². The molecule has 0 radical (unpaired) electrons. The topological polar surface area (TPSA) is 69.4 Å². The van der Waals surface area contributed by atoms with Crippen molar-refractivity contribution in [2.75, 3.05) is 0 Å². The van der Waals surface area contributed by atoms with Gasteiger partial charge in [-0.05, 0) is 25.0 Å². The Hall–Kier alpha value is -2.05. The number of nitro benzene ring substituents is 1. The van der Waals surface area contributed by atoms with E-state index >= 15 is 0 Å². The number of nitro groups is 1. The lowest BCUT2D eigenvalue weighted by Crippen LogP contribution is -2.10. The van der Waals surface area contributed by atoms with E-state index in [-0.39, 0.29) is 5.56 Å². The maximum Gasteiger partial charge on any atom is 0.387 e. The fraction of sp³-hybridized carbons (Fsp3) is 0.364. The molecule has 1 rings (SSSR count). The smallest absolute Gasteiger partial charge is 0.387 e. The Kier molecular flexibility index (Phi) is 4.30. The molecule has 0 aliphatic heterocycles. The molecule has 0 aliphatic carbocycles. The molecule has 1 aromatic rings. The maximum atomic E-state index is 12.1. The summed E-state index contributed by atoms with van der Waals surface area (Å²) in [6, 6.07) is 2.46. The fourth-order valence-electron chi connectivity index (χ4n) is 1.67. The highest BCUT2D eigenvalue weighted by Gasteiger charge is 2.28. The van der Waals surface area contributed by atoms with E-state index in [1.165, 1.54) is 6.07 Å². The summed E-state index contributed by atoms with van der Waals surface area (Å²) in [5.74, 6) is -1.16. The van der Waals surface area contributed by atoms with Crippen LogP contribution in [0.25, 0.3) is 0 Å². The number of rotatable bonds is 5. The summed E-state index contributed by atoms with van der Waals surface area (Å²) in [7, 11) is 0. The normalized spacial score (nSPS) is 10.5. The maximum absolute atomic E-state index is 12.1. The van der Waals surface area contributed by atoms with Gasteiger partial charge >= 0.3 is 12.3 Å². The van der Waals surface area contributed by atoms with E-state index in [0.717, 1.165) is 13.0 Å². The summed E-state index contributed by atoms with van der Waals surface area (Å²) >= 11 is 0. The van der Waals surface area contributed by atoms with E-state index in [2.05, 4.69) is 4.74 Å². The highest BCUT2D eigenvalue weighted by atomic mass is 19.3. The van der Waals surface area contributed by atoms with Crippen molar-refractivity contribution in [1.29, 1.82) is 0 Å². The van der Waals surface area contributed by atoms with Crippen molar-refractivity contribution in [3.05, 3.63) is 33.4 Å². The van der Waals surface area contributed by atoms with Crippen molar-refractivity contribution >= 4 is 11.5 Å². The van der Waals surface area contributed by atoms with Crippen molar-refractivity contribution < 1.29 is 23.2 Å². The van der Waals surface area contributed by atoms with Gasteiger partial charge in [0.05, 0.1) is 4.92 Å². The zero-order valence-corrected chi connectivity index (χ0v) is 9.78. The average Bonchev–Trinajstić information content (AvgIpc) is 2.26. The van der Waals surface area contributed by atoms with Crippen LogP contribution in [-0.2, 0) is 6.42 Å². The first kappa shape index (κ1) is 14.0. The Balaban J connectivity index is 3.51. The summed E-state index contributed by atoms with van der Waals surface area (Å²) < 4.78 is 28.4. The van der Waals surface area contributed by atoms with Crippen LogP contribution in [-0.4, -0.2) is 17.3 Å². The van der Waals surface area contributed by atoms with Crippen molar-refractivity contribution in [3.63, 3.8) is 0 Å². The predicted octanol–water partition coefficient (Wildman–Crippen LogP) is 2.96. The second-order valence-corrected chi connectivity index (χ2v) is 3.49.